The molecule has 0 spiro atoms. The Balaban J connectivity index is 1.75. The van der Waals surface area contributed by atoms with Crippen LogP contribution in [0.4, 0.5) is 0 Å². The fourth-order valence-corrected chi connectivity index (χ4v) is 5.20. The lowest BCUT2D eigenvalue weighted by Gasteiger charge is -2.27. The highest BCUT2D eigenvalue weighted by atomic mass is 14.3. The first-order valence-electron chi connectivity index (χ1n) is 12.0. The fourth-order valence-electron chi connectivity index (χ4n) is 5.20. The zero-order valence-electron chi connectivity index (χ0n) is 19.9. The van der Waals surface area contributed by atoms with Gasteiger partial charge in [0, 0.05) is 11.8 Å². The first kappa shape index (κ1) is 21.9. The lowest BCUT2D eigenvalue weighted by atomic mass is 9.76. The minimum absolute atomic E-state index is 0.188. The molecule has 0 radical (unpaired) electrons. The minimum atomic E-state index is 0.188. The van der Waals surface area contributed by atoms with Crippen LogP contribution in [0.5, 0.6) is 0 Å². The maximum atomic E-state index is 2.39. The number of aryl methyl sites for hydroxylation is 1. The van der Waals surface area contributed by atoms with Crippen molar-refractivity contribution in [3.05, 3.63) is 178 Å². The van der Waals surface area contributed by atoms with E-state index in [1.165, 1.54) is 44.5 Å². The maximum absolute atomic E-state index is 2.39. The molecule has 5 aromatic rings. The van der Waals surface area contributed by atoms with Crippen LogP contribution in [0.1, 0.15) is 56.3 Å². The first-order chi connectivity index (χ1) is 16.7. The molecular weight excluding hydrogens is 408 g/mol. The third-order valence-electron chi connectivity index (χ3n) is 6.79. The second kappa shape index (κ2) is 9.93. The highest BCUT2D eigenvalue weighted by Crippen LogP contribution is 2.40. The van der Waals surface area contributed by atoms with Gasteiger partial charge in [0.15, 0.2) is 0 Å². The predicted octanol–water partition coefficient (Wildman–Crippen LogP) is 8.66. The van der Waals surface area contributed by atoms with Crippen molar-refractivity contribution in [1.29, 1.82) is 0 Å². The molecule has 0 heterocycles. The Hall–Kier alpha value is -3.90. The lowest BCUT2D eigenvalue weighted by molar-refractivity contribution is 0.912. The summed E-state index contributed by atoms with van der Waals surface area (Å²) in [5, 5.41) is 0. The SMILES string of the molecule is Cc1cc(C(c2ccccc2)c2ccccc2)c(C)c(C(c2ccccc2)c2ccccc2)c1. The van der Waals surface area contributed by atoms with Crippen molar-refractivity contribution in [3.63, 3.8) is 0 Å². The first-order valence-corrected chi connectivity index (χ1v) is 12.0. The monoisotopic (exact) mass is 438 g/mol. The molecule has 0 nitrogen and oxygen atoms in total. The molecule has 0 heteroatoms. The molecule has 0 aliphatic rings. The van der Waals surface area contributed by atoms with E-state index < -0.39 is 0 Å². The van der Waals surface area contributed by atoms with E-state index in [0.717, 1.165) is 0 Å². The fraction of sp³-hybridized carbons (Fsp3) is 0.118. The highest BCUT2D eigenvalue weighted by Gasteiger charge is 2.24. The molecule has 5 aromatic carbocycles. The Labute approximate surface area is 203 Å². The van der Waals surface area contributed by atoms with Gasteiger partial charge in [0.05, 0.1) is 0 Å². The summed E-state index contributed by atoms with van der Waals surface area (Å²) in [4.78, 5) is 0. The third-order valence-corrected chi connectivity index (χ3v) is 6.79. The molecule has 0 aromatic heterocycles. The summed E-state index contributed by atoms with van der Waals surface area (Å²) in [5.41, 5.74) is 10.7. The molecule has 0 fully saturated rings. The average Bonchev–Trinajstić information content (AvgIpc) is 2.89. The van der Waals surface area contributed by atoms with Crippen LogP contribution < -0.4 is 0 Å². The molecule has 0 amide bonds. The van der Waals surface area contributed by atoms with Crippen LogP contribution >= 0.6 is 0 Å². The Bertz CT molecular complexity index is 1150. The van der Waals surface area contributed by atoms with Gasteiger partial charge in [-0.05, 0) is 52.8 Å². The zero-order valence-corrected chi connectivity index (χ0v) is 19.9. The van der Waals surface area contributed by atoms with Gasteiger partial charge in [-0.2, -0.15) is 0 Å². The minimum Gasteiger partial charge on any atom is -0.0622 e. The molecule has 0 bridgehead atoms. The van der Waals surface area contributed by atoms with Gasteiger partial charge in [-0.1, -0.05) is 139 Å². The van der Waals surface area contributed by atoms with Gasteiger partial charge >= 0.3 is 0 Å². The normalized spacial score (nSPS) is 11.2. The Kier molecular flexibility index (Phi) is 6.40. The molecule has 166 valence electrons. The van der Waals surface area contributed by atoms with Crippen molar-refractivity contribution < 1.29 is 0 Å². The van der Waals surface area contributed by atoms with Crippen molar-refractivity contribution in [2.75, 3.05) is 0 Å². The van der Waals surface area contributed by atoms with E-state index in [0.29, 0.717) is 0 Å². The van der Waals surface area contributed by atoms with Crippen molar-refractivity contribution >= 4 is 0 Å². The summed E-state index contributed by atoms with van der Waals surface area (Å²) < 4.78 is 0. The van der Waals surface area contributed by atoms with Crippen molar-refractivity contribution in [2.45, 2.75) is 25.7 Å². The third kappa shape index (κ3) is 4.45. The molecule has 0 saturated carbocycles. The summed E-state index contributed by atoms with van der Waals surface area (Å²) in [6.45, 7) is 4.54. The van der Waals surface area contributed by atoms with E-state index >= 15 is 0 Å². The van der Waals surface area contributed by atoms with E-state index in [1.807, 2.05) is 0 Å². The standard InChI is InChI=1S/C34H30/c1-25-23-31(33(27-15-7-3-8-16-27)28-17-9-4-10-18-28)26(2)32(24-25)34(29-19-11-5-12-20-29)30-21-13-6-14-22-30/h3-24,33-34H,1-2H3. The molecule has 0 aliphatic heterocycles. The Morgan fingerprint density at radius 1 is 0.382 bits per heavy atom. The van der Waals surface area contributed by atoms with Crippen LogP contribution in [-0.2, 0) is 0 Å². The van der Waals surface area contributed by atoms with Crippen LogP contribution in [0, 0.1) is 13.8 Å². The summed E-state index contributed by atoms with van der Waals surface area (Å²) in [6, 6.07) is 48.4. The highest BCUT2D eigenvalue weighted by molar-refractivity contribution is 5.54. The quantitative estimate of drug-likeness (QED) is 0.233. The molecular formula is C34H30. The topological polar surface area (TPSA) is 0 Å². The average molecular weight is 439 g/mol. The zero-order chi connectivity index (χ0) is 23.3. The largest absolute Gasteiger partial charge is 0.0622 e. The van der Waals surface area contributed by atoms with Crippen LogP contribution in [0.2, 0.25) is 0 Å². The molecule has 0 saturated heterocycles. The summed E-state index contributed by atoms with van der Waals surface area (Å²) >= 11 is 0. The van der Waals surface area contributed by atoms with Crippen LogP contribution in [-0.4, -0.2) is 0 Å². The van der Waals surface area contributed by atoms with E-state index in [-0.39, 0.29) is 11.8 Å². The second-order valence-corrected chi connectivity index (χ2v) is 9.08. The van der Waals surface area contributed by atoms with Gasteiger partial charge in [0.2, 0.25) is 0 Å². The smallest absolute Gasteiger partial charge is 0.0342 e. The number of hydrogen-bond donors (Lipinski definition) is 0. The molecule has 0 unspecified atom stereocenters. The van der Waals surface area contributed by atoms with E-state index in [4.69, 9.17) is 0 Å². The van der Waals surface area contributed by atoms with E-state index in [9.17, 15) is 0 Å². The van der Waals surface area contributed by atoms with Gasteiger partial charge in [0.25, 0.3) is 0 Å². The number of rotatable bonds is 6. The van der Waals surface area contributed by atoms with Crippen LogP contribution in [0.3, 0.4) is 0 Å². The van der Waals surface area contributed by atoms with Gasteiger partial charge < -0.3 is 0 Å². The van der Waals surface area contributed by atoms with Gasteiger partial charge in [-0.15, -0.1) is 0 Å². The molecule has 0 aliphatic carbocycles. The Morgan fingerprint density at radius 3 is 0.912 bits per heavy atom. The molecule has 0 atom stereocenters. The summed E-state index contributed by atoms with van der Waals surface area (Å²) in [5.74, 6) is 0.376. The number of hydrogen-bond acceptors (Lipinski definition) is 0. The van der Waals surface area contributed by atoms with Gasteiger partial charge in [0.1, 0.15) is 0 Å². The van der Waals surface area contributed by atoms with E-state index in [1.54, 1.807) is 0 Å². The summed E-state index contributed by atoms with van der Waals surface area (Å²) in [7, 11) is 0. The number of benzene rings is 5. The van der Waals surface area contributed by atoms with Crippen molar-refractivity contribution in [1.82, 2.24) is 0 Å². The maximum Gasteiger partial charge on any atom is 0.0342 e. The summed E-state index contributed by atoms with van der Waals surface area (Å²) in [6.07, 6.45) is 0. The second-order valence-electron chi connectivity index (χ2n) is 9.08. The van der Waals surface area contributed by atoms with E-state index in [2.05, 4.69) is 147 Å². The molecule has 0 N–H and O–H groups in total. The van der Waals surface area contributed by atoms with Crippen LogP contribution in [0.15, 0.2) is 133 Å². The van der Waals surface area contributed by atoms with Crippen molar-refractivity contribution in [3.8, 4) is 0 Å². The predicted molar refractivity (Wildman–Crippen MR) is 144 cm³/mol. The molecule has 34 heavy (non-hydrogen) atoms. The van der Waals surface area contributed by atoms with Crippen molar-refractivity contribution in [2.24, 2.45) is 0 Å². The van der Waals surface area contributed by atoms with Gasteiger partial charge in [-0.25, -0.2) is 0 Å². The van der Waals surface area contributed by atoms with Crippen LogP contribution in [0.25, 0.3) is 0 Å². The van der Waals surface area contributed by atoms with Gasteiger partial charge in [-0.3, -0.25) is 0 Å². The Morgan fingerprint density at radius 2 is 0.647 bits per heavy atom. The molecule has 5 rings (SSSR count). The lowest BCUT2D eigenvalue weighted by Crippen LogP contribution is -2.11.